The van der Waals surface area contributed by atoms with Crippen molar-refractivity contribution in [2.45, 2.75) is 31.8 Å². The lowest BCUT2D eigenvalue weighted by Gasteiger charge is -2.38. The first-order chi connectivity index (χ1) is 13.8. The molecule has 0 N–H and O–H groups in total. The lowest BCUT2D eigenvalue weighted by Crippen LogP contribution is -2.47. The van der Waals surface area contributed by atoms with E-state index in [1.165, 1.54) is 22.9 Å². The van der Waals surface area contributed by atoms with Crippen LogP contribution in [0.3, 0.4) is 0 Å². The summed E-state index contributed by atoms with van der Waals surface area (Å²) in [5.41, 5.74) is 3.78. The largest absolute Gasteiger partial charge is 0.497 e. The standard InChI is InChI=1S/C23H30N2O3S/c1-17-4-6-18(7-5-17)14-24-13-12-23-22(15-24)21(16-25(23)29(3,26)27)19-8-10-20(28-2)11-9-19/h4-11,21-23H,12-16H2,1-3H3/t21-,22-,23-/m1/s1. The van der Waals surface area contributed by atoms with Gasteiger partial charge in [0.1, 0.15) is 5.75 Å². The summed E-state index contributed by atoms with van der Waals surface area (Å²) in [6.45, 7) is 5.43. The summed E-state index contributed by atoms with van der Waals surface area (Å²) < 4.78 is 32.0. The lowest BCUT2D eigenvalue weighted by atomic mass is 9.82. The first-order valence-corrected chi connectivity index (χ1v) is 12.1. The van der Waals surface area contributed by atoms with E-state index in [4.69, 9.17) is 4.74 Å². The molecule has 2 aliphatic heterocycles. The third-order valence-corrected chi connectivity index (χ3v) is 7.74. The molecule has 0 aliphatic carbocycles. The number of likely N-dealkylation sites (tertiary alicyclic amines) is 1. The Bertz CT molecular complexity index is 941. The summed E-state index contributed by atoms with van der Waals surface area (Å²) in [5, 5.41) is 0. The lowest BCUT2D eigenvalue weighted by molar-refractivity contribution is 0.130. The number of aryl methyl sites for hydroxylation is 1. The van der Waals surface area contributed by atoms with Gasteiger partial charge in [0.25, 0.3) is 0 Å². The summed E-state index contributed by atoms with van der Waals surface area (Å²) in [5.74, 6) is 1.34. The second-order valence-corrected chi connectivity index (χ2v) is 10.4. The monoisotopic (exact) mass is 414 g/mol. The Morgan fingerprint density at radius 3 is 2.34 bits per heavy atom. The van der Waals surface area contributed by atoms with Gasteiger partial charge in [0.15, 0.2) is 0 Å². The molecule has 0 saturated carbocycles. The van der Waals surface area contributed by atoms with Crippen LogP contribution >= 0.6 is 0 Å². The van der Waals surface area contributed by atoms with Gasteiger partial charge in [-0.25, -0.2) is 8.42 Å². The molecular weight excluding hydrogens is 384 g/mol. The zero-order valence-electron chi connectivity index (χ0n) is 17.4. The van der Waals surface area contributed by atoms with Crippen LogP contribution in [0.2, 0.25) is 0 Å². The smallest absolute Gasteiger partial charge is 0.211 e. The molecule has 2 aromatic carbocycles. The van der Waals surface area contributed by atoms with Crippen molar-refractivity contribution in [2.24, 2.45) is 5.92 Å². The predicted octanol–water partition coefficient (Wildman–Crippen LogP) is 3.25. The fourth-order valence-corrected chi connectivity index (χ4v) is 6.12. The average molecular weight is 415 g/mol. The molecule has 6 heteroatoms. The summed E-state index contributed by atoms with van der Waals surface area (Å²) >= 11 is 0. The van der Waals surface area contributed by atoms with Gasteiger partial charge in [0, 0.05) is 38.1 Å². The highest BCUT2D eigenvalue weighted by atomic mass is 32.2. The van der Waals surface area contributed by atoms with Gasteiger partial charge in [0.05, 0.1) is 13.4 Å². The van der Waals surface area contributed by atoms with Crippen molar-refractivity contribution in [2.75, 3.05) is 33.0 Å². The van der Waals surface area contributed by atoms with Crippen molar-refractivity contribution >= 4 is 10.0 Å². The molecule has 2 fully saturated rings. The molecule has 0 bridgehead atoms. The quantitative estimate of drug-likeness (QED) is 0.754. The van der Waals surface area contributed by atoms with Crippen molar-refractivity contribution in [1.82, 2.24) is 9.21 Å². The molecule has 29 heavy (non-hydrogen) atoms. The number of fused-ring (bicyclic) bond motifs is 1. The van der Waals surface area contributed by atoms with E-state index >= 15 is 0 Å². The zero-order chi connectivity index (χ0) is 20.6. The second kappa shape index (κ2) is 8.09. The van der Waals surface area contributed by atoms with Crippen LogP contribution in [0.5, 0.6) is 5.75 Å². The summed E-state index contributed by atoms with van der Waals surface area (Å²) in [6.07, 6.45) is 2.23. The SMILES string of the molecule is COc1ccc([C@H]2CN(S(C)(=O)=O)[C@@H]3CCN(Cc4ccc(C)cc4)C[C@H]23)cc1. The Morgan fingerprint density at radius 2 is 1.72 bits per heavy atom. The molecule has 5 nitrogen and oxygen atoms in total. The van der Waals surface area contributed by atoms with Crippen LogP contribution < -0.4 is 4.74 Å². The van der Waals surface area contributed by atoms with E-state index in [1.807, 2.05) is 12.1 Å². The van der Waals surface area contributed by atoms with Gasteiger partial charge in [-0.2, -0.15) is 4.31 Å². The van der Waals surface area contributed by atoms with E-state index in [-0.39, 0.29) is 12.0 Å². The van der Waals surface area contributed by atoms with Crippen LogP contribution in [0.25, 0.3) is 0 Å². The molecule has 0 unspecified atom stereocenters. The third-order valence-electron chi connectivity index (χ3n) is 6.46. The number of ether oxygens (including phenoxy) is 1. The molecule has 0 spiro atoms. The van der Waals surface area contributed by atoms with Crippen LogP contribution in [0.15, 0.2) is 48.5 Å². The van der Waals surface area contributed by atoms with Gasteiger partial charge in [0.2, 0.25) is 10.0 Å². The Balaban J connectivity index is 1.57. The van der Waals surface area contributed by atoms with E-state index in [1.54, 1.807) is 11.4 Å². The molecule has 3 atom stereocenters. The number of rotatable bonds is 5. The van der Waals surface area contributed by atoms with E-state index in [2.05, 4.69) is 48.2 Å². The Labute approximate surface area is 174 Å². The minimum Gasteiger partial charge on any atom is -0.497 e. The number of piperidine rings is 1. The fraction of sp³-hybridized carbons (Fsp3) is 0.478. The number of methoxy groups -OCH3 is 1. The summed E-state index contributed by atoms with van der Waals surface area (Å²) in [6, 6.07) is 16.9. The molecule has 2 aromatic rings. The van der Waals surface area contributed by atoms with Crippen LogP contribution in [0.1, 0.15) is 29.0 Å². The number of nitrogens with zero attached hydrogens (tertiary/aromatic N) is 2. The van der Waals surface area contributed by atoms with E-state index < -0.39 is 10.0 Å². The summed E-state index contributed by atoms with van der Waals surface area (Å²) in [7, 11) is -1.55. The van der Waals surface area contributed by atoms with Gasteiger partial charge >= 0.3 is 0 Å². The number of benzene rings is 2. The number of hydrogen-bond donors (Lipinski definition) is 0. The van der Waals surface area contributed by atoms with Crippen LogP contribution in [-0.4, -0.2) is 56.7 Å². The fourth-order valence-electron chi connectivity index (χ4n) is 4.94. The zero-order valence-corrected chi connectivity index (χ0v) is 18.2. The van der Waals surface area contributed by atoms with Gasteiger partial charge in [-0.15, -0.1) is 0 Å². The first-order valence-electron chi connectivity index (χ1n) is 10.2. The average Bonchev–Trinajstić information content (AvgIpc) is 3.09. The van der Waals surface area contributed by atoms with E-state index in [0.717, 1.165) is 31.8 Å². The van der Waals surface area contributed by atoms with Crippen molar-refractivity contribution < 1.29 is 13.2 Å². The topological polar surface area (TPSA) is 49.9 Å². The maximum Gasteiger partial charge on any atom is 0.211 e. The van der Waals surface area contributed by atoms with Gasteiger partial charge in [-0.1, -0.05) is 42.0 Å². The van der Waals surface area contributed by atoms with Crippen molar-refractivity contribution in [3.8, 4) is 5.75 Å². The molecule has 0 radical (unpaired) electrons. The second-order valence-electron chi connectivity index (χ2n) is 8.45. The van der Waals surface area contributed by atoms with E-state index in [0.29, 0.717) is 12.5 Å². The molecule has 156 valence electrons. The molecule has 0 aromatic heterocycles. The maximum atomic E-state index is 12.5. The van der Waals surface area contributed by atoms with Crippen LogP contribution in [-0.2, 0) is 16.6 Å². The number of sulfonamides is 1. The molecule has 2 saturated heterocycles. The Kier molecular flexibility index (Phi) is 5.69. The minimum atomic E-state index is -3.22. The number of hydrogen-bond acceptors (Lipinski definition) is 4. The van der Waals surface area contributed by atoms with Crippen molar-refractivity contribution in [1.29, 1.82) is 0 Å². The first kappa shape index (κ1) is 20.4. The van der Waals surface area contributed by atoms with E-state index in [9.17, 15) is 8.42 Å². The van der Waals surface area contributed by atoms with Crippen LogP contribution in [0.4, 0.5) is 0 Å². The Morgan fingerprint density at radius 1 is 1.03 bits per heavy atom. The molecule has 0 amide bonds. The van der Waals surface area contributed by atoms with Gasteiger partial charge in [-0.3, -0.25) is 4.90 Å². The summed E-state index contributed by atoms with van der Waals surface area (Å²) in [4.78, 5) is 2.48. The minimum absolute atomic E-state index is 0.0892. The highest BCUT2D eigenvalue weighted by Gasteiger charge is 2.48. The molecule has 4 rings (SSSR count). The molecule has 2 heterocycles. The highest BCUT2D eigenvalue weighted by Crippen LogP contribution is 2.43. The predicted molar refractivity (Wildman–Crippen MR) is 116 cm³/mol. The van der Waals surface area contributed by atoms with Crippen molar-refractivity contribution in [3.05, 3.63) is 65.2 Å². The normalized spacial score (nSPS) is 25.7. The highest BCUT2D eigenvalue weighted by molar-refractivity contribution is 7.88. The molecular formula is C23H30N2O3S. The maximum absolute atomic E-state index is 12.5. The van der Waals surface area contributed by atoms with Gasteiger partial charge in [-0.05, 0) is 42.5 Å². The van der Waals surface area contributed by atoms with Crippen molar-refractivity contribution in [3.63, 3.8) is 0 Å². The van der Waals surface area contributed by atoms with Crippen LogP contribution in [0, 0.1) is 12.8 Å². The Hall–Kier alpha value is -1.89. The van der Waals surface area contributed by atoms with Gasteiger partial charge < -0.3 is 4.74 Å². The molecule has 2 aliphatic rings. The third kappa shape index (κ3) is 4.34.